The minimum Gasteiger partial charge on any atom is -0.358 e. The maximum absolute atomic E-state index is 5.92. The lowest BCUT2D eigenvalue weighted by Crippen LogP contribution is -2.22. The Morgan fingerprint density at radius 1 is 1.00 bits per heavy atom. The fourth-order valence-electron chi connectivity index (χ4n) is 2.92. The predicted molar refractivity (Wildman–Crippen MR) is 95.7 cm³/mol. The Hall–Kier alpha value is -1.68. The number of aromatic nitrogens is 1. The van der Waals surface area contributed by atoms with Gasteiger partial charge in [0.05, 0.1) is 0 Å². The van der Waals surface area contributed by atoms with E-state index in [2.05, 4.69) is 33.8 Å². The molecule has 1 aliphatic heterocycles. The van der Waals surface area contributed by atoms with Crippen molar-refractivity contribution in [2.24, 2.45) is 0 Å². The van der Waals surface area contributed by atoms with E-state index in [-0.39, 0.29) is 12.4 Å². The second-order valence-corrected chi connectivity index (χ2v) is 5.84. The van der Waals surface area contributed by atoms with E-state index in [4.69, 9.17) is 11.6 Å². The first-order valence-corrected chi connectivity index (χ1v) is 7.54. The molecule has 2 heterocycles. The molecule has 2 aromatic carbocycles. The Morgan fingerprint density at radius 3 is 2.59 bits per heavy atom. The molecule has 0 bridgehead atoms. The Morgan fingerprint density at radius 2 is 1.77 bits per heavy atom. The molecule has 3 aromatic rings. The average molecular weight is 334 g/mol. The molecule has 1 aliphatic rings. The zero-order valence-electron chi connectivity index (χ0n) is 11.9. The number of H-pyrrole nitrogens is 1. The van der Waals surface area contributed by atoms with Crippen molar-refractivity contribution < 1.29 is 0 Å². The molecule has 0 saturated heterocycles. The molecule has 0 atom stereocenters. The summed E-state index contributed by atoms with van der Waals surface area (Å²) < 4.78 is 0. The van der Waals surface area contributed by atoms with E-state index < -0.39 is 0 Å². The zero-order chi connectivity index (χ0) is 14.2. The third-order valence-electron chi connectivity index (χ3n) is 3.98. The molecule has 22 heavy (non-hydrogen) atoms. The van der Waals surface area contributed by atoms with Crippen LogP contribution in [-0.2, 0) is 13.0 Å². The third kappa shape index (κ3) is 2.80. The van der Waals surface area contributed by atoms with Crippen LogP contribution in [0.2, 0.25) is 5.02 Å². The number of halogens is 2. The first-order chi connectivity index (χ1) is 10.3. The number of anilines is 2. The molecule has 0 amide bonds. The van der Waals surface area contributed by atoms with Crippen molar-refractivity contribution in [3.8, 4) is 0 Å². The molecule has 4 rings (SSSR count). The highest BCUT2D eigenvalue weighted by Crippen LogP contribution is 2.29. The van der Waals surface area contributed by atoms with E-state index in [1.165, 1.54) is 22.2 Å². The fraction of sp³-hybridized carbons (Fsp3) is 0.176. The van der Waals surface area contributed by atoms with Gasteiger partial charge in [0.25, 0.3) is 0 Å². The first-order valence-electron chi connectivity index (χ1n) is 7.16. The smallest absolute Gasteiger partial charge is 0.0460 e. The van der Waals surface area contributed by atoms with Gasteiger partial charge in [-0.15, -0.1) is 12.4 Å². The lowest BCUT2D eigenvalue weighted by molar-refractivity contribution is 0.641. The van der Waals surface area contributed by atoms with Crippen LogP contribution >= 0.6 is 24.0 Å². The summed E-state index contributed by atoms with van der Waals surface area (Å²) in [5, 5.41) is 8.92. The summed E-state index contributed by atoms with van der Waals surface area (Å²) in [5.41, 5.74) is 6.12. The molecule has 3 nitrogen and oxygen atoms in total. The monoisotopic (exact) mass is 333 g/mol. The Balaban J connectivity index is 0.00000144. The van der Waals surface area contributed by atoms with E-state index >= 15 is 0 Å². The van der Waals surface area contributed by atoms with Gasteiger partial charge in [-0.05, 0) is 48.0 Å². The van der Waals surface area contributed by atoms with Crippen LogP contribution in [0.1, 0.15) is 11.3 Å². The largest absolute Gasteiger partial charge is 0.358 e. The molecule has 0 unspecified atom stereocenters. The minimum absolute atomic E-state index is 0. The first kappa shape index (κ1) is 15.2. The number of nitrogens with one attached hydrogen (secondary N) is 3. The summed E-state index contributed by atoms with van der Waals surface area (Å²) in [7, 11) is 0. The topological polar surface area (TPSA) is 39.9 Å². The van der Waals surface area contributed by atoms with Gasteiger partial charge in [-0.2, -0.15) is 0 Å². The van der Waals surface area contributed by atoms with E-state index in [9.17, 15) is 0 Å². The van der Waals surface area contributed by atoms with Crippen molar-refractivity contribution in [2.75, 3.05) is 11.9 Å². The molecule has 0 spiro atoms. The van der Waals surface area contributed by atoms with Crippen LogP contribution in [0.3, 0.4) is 0 Å². The minimum atomic E-state index is 0. The Bertz CT molecular complexity index is 794. The maximum atomic E-state index is 5.92. The lowest BCUT2D eigenvalue weighted by atomic mass is 10.1. The second kappa shape index (κ2) is 6.21. The van der Waals surface area contributed by atoms with Gasteiger partial charge in [0, 0.05) is 52.5 Å². The number of hydrogen-bond acceptors (Lipinski definition) is 2. The normalized spacial score (nSPS) is 13.5. The van der Waals surface area contributed by atoms with Gasteiger partial charge in [-0.1, -0.05) is 11.6 Å². The molecule has 114 valence electrons. The van der Waals surface area contributed by atoms with Crippen molar-refractivity contribution in [3.05, 3.63) is 58.7 Å². The molecule has 0 saturated carbocycles. The summed E-state index contributed by atoms with van der Waals surface area (Å²) >= 11 is 5.92. The summed E-state index contributed by atoms with van der Waals surface area (Å²) in [4.78, 5) is 3.53. The van der Waals surface area contributed by atoms with E-state index in [1.54, 1.807) is 0 Å². The van der Waals surface area contributed by atoms with E-state index in [0.717, 1.165) is 35.9 Å². The van der Waals surface area contributed by atoms with Crippen LogP contribution < -0.4 is 10.6 Å². The van der Waals surface area contributed by atoms with Gasteiger partial charge >= 0.3 is 0 Å². The standard InChI is InChI=1S/C17H16ClN3.ClH/c18-11-1-3-12(4-2-11)20-13-5-6-16-14(9-13)15-10-19-8-7-17(15)21-16;/h1-6,9,19-21H,7-8,10H2;1H. The molecule has 0 aliphatic carbocycles. The number of fused-ring (bicyclic) bond motifs is 3. The number of hydrogen-bond donors (Lipinski definition) is 3. The average Bonchev–Trinajstić information content (AvgIpc) is 2.88. The van der Waals surface area contributed by atoms with Crippen molar-refractivity contribution in [2.45, 2.75) is 13.0 Å². The molecule has 0 fully saturated rings. The number of rotatable bonds is 2. The quantitative estimate of drug-likeness (QED) is 0.639. The summed E-state index contributed by atoms with van der Waals surface area (Å²) in [6, 6.07) is 14.2. The van der Waals surface area contributed by atoms with Gasteiger partial charge < -0.3 is 15.6 Å². The van der Waals surface area contributed by atoms with Crippen LogP contribution in [0.15, 0.2) is 42.5 Å². The molecule has 5 heteroatoms. The molecule has 1 aromatic heterocycles. The predicted octanol–water partition coefficient (Wildman–Crippen LogP) is 4.63. The SMILES string of the molecule is Cl.Clc1ccc(Nc2ccc3[nH]c4c(c3c2)CNCC4)cc1. The fourth-order valence-corrected chi connectivity index (χ4v) is 3.05. The van der Waals surface area contributed by atoms with Crippen LogP contribution in [0.25, 0.3) is 10.9 Å². The zero-order valence-corrected chi connectivity index (χ0v) is 13.5. The van der Waals surface area contributed by atoms with Crippen LogP contribution in [-0.4, -0.2) is 11.5 Å². The van der Waals surface area contributed by atoms with Gasteiger partial charge in [0.1, 0.15) is 0 Å². The summed E-state index contributed by atoms with van der Waals surface area (Å²) in [6.45, 7) is 2.00. The van der Waals surface area contributed by atoms with Crippen LogP contribution in [0, 0.1) is 0 Å². The maximum Gasteiger partial charge on any atom is 0.0460 e. The van der Waals surface area contributed by atoms with Crippen LogP contribution in [0.4, 0.5) is 11.4 Å². The Kier molecular flexibility index (Phi) is 4.30. The summed E-state index contributed by atoms with van der Waals surface area (Å²) in [5.74, 6) is 0. The highest BCUT2D eigenvalue weighted by atomic mass is 35.5. The highest BCUT2D eigenvalue weighted by Gasteiger charge is 2.14. The van der Waals surface area contributed by atoms with Gasteiger partial charge in [0.2, 0.25) is 0 Å². The van der Waals surface area contributed by atoms with Gasteiger partial charge in [0.15, 0.2) is 0 Å². The number of benzene rings is 2. The van der Waals surface area contributed by atoms with Crippen molar-refractivity contribution in [3.63, 3.8) is 0 Å². The second-order valence-electron chi connectivity index (χ2n) is 5.40. The summed E-state index contributed by atoms with van der Waals surface area (Å²) in [6.07, 6.45) is 1.07. The lowest BCUT2D eigenvalue weighted by Gasteiger charge is -2.12. The van der Waals surface area contributed by atoms with Gasteiger partial charge in [-0.3, -0.25) is 0 Å². The van der Waals surface area contributed by atoms with Crippen LogP contribution in [0.5, 0.6) is 0 Å². The van der Waals surface area contributed by atoms with Crippen molar-refractivity contribution in [1.29, 1.82) is 0 Å². The molecular formula is C17H17Cl2N3. The number of aromatic amines is 1. The van der Waals surface area contributed by atoms with Gasteiger partial charge in [-0.25, -0.2) is 0 Å². The highest BCUT2D eigenvalue weighted by molar-refractivity contribution is 6.30. The molecule has 3 N–H and O–H groups in total. The van der Waals surface area contributed by atoms with E-state index in [0.29, 0.717) is 0 Å². The van der Waals surface area contributed by atoms with E-state index in [1.807, 2.05) is 24.3 Å². The molecular weight excluding hydrogens is 317 g/mol. The van der Waals surface area contributed by atoms with Crippen molar-refractivity contribution in [1.82, 2.24) is 10.3 Å². The molecule has 0 radical (unpaired) electrons. The third-order valence-corrected chi connectivity index (χ3v) is 4.23. The Labute approximate surface area is 140 Å². The van der Waals surface area contributed by atoms with Crippen molar-refractivity contribution >= 4 is 46.3 Å².